The van der Waals surface area contributed by atoms with E-state index in [2.05, 4.69) is 30.8 Å². The lowest BCUT2D eigenvalue weighted by Gasteiger charge is -2.37. The Morgan fingerprint density at radius 2 is 2.00 bits per heavy atom. The quantitative estimate of drug-likeness (QED) is 0.680. The smallest absolute Gasteiger partial charge is 0.259 e. The van der Waals surface area contributed by atoms with Crippen LogP contribution in [0, 0.1) is 5.92 Å². The zero-order valence-electron chi connectivity index (χ0n) is 19.6. The highest BCUT2D eigenvalue weighted by atomic mass is 16.5. The van der Waals surface area contributed by atoms with Crippen LogP contribution in [0.4, 0.5) is 0 Å². The van der Waals surface area contributed by atoms with Crippen molar-refractivity contribution in [3.63, 3.8) is 0 Å². The summed E-state index contributed by atoms with van der Waals surface area (Å²) in [5, 5.41) is 9.79. The predicted molar refractivity (Wildman–Crippen MR) is 129 cm³/mol. The number of carbonyl (C=O) groups is 1. The number of ether oxygens (including phenoxy) is 1. The fourth-order valence-corrected chi connectivity index (χ4v) is 3.96. The highest BCUT2D eigenvalue weighted by Gasteiger charge is 2.34. The highest BCUT2D eigenvalue weighted by Crippen LogP contribution is 2.28. The molecule has 2 aromatic rings. The maximum Gasteiger partial charge on any atom is 0.259 e. The molecule has 32 heavy (non-hydrogen) atoms. The molecule has 1 aromatic carbocycles. The summed E-state index contributed by atoms with van der Waals surface area (Å²) < 4.78 is 6.33. The second-order valence-electron chi connectivity index (χ2n) is 8.75. The molecule has 1 aromatic heterocycles. The molecule has 1 amide bonds. The molecule has 0 fully saturated rings. The third kappa shape index (κ3) is 5.96. The van der Waals surface area contributed by atoms with Crippen LogP contribution in [-0.4, -0.2) is 71.2 Å². The molecular formula is C26H35N3O3. The number of aromatic nitrogens is 1. The Balaban J connectivity index is 1.95. The average molecular weight is 438 g/mol. The number of aliphatic hydroxyl groups excluding tert-OH is 1. The number of nitrogens with zero attached hydrogens (tertiary/aromatic N) is 3. The Morgan fingerprint density at radius 3 is 2.69 bits per heavy atom. The molecule has 3 rings (SSSR count). The van der Waals surface area contributed by atoms with Gasteiger partial charge in [0.2, 0.25) is 5.88 Å². The van der Waals surface area contributed by atoms with Gasteiger partial charge in [0.25, 0.3) is 5.91 Å². The van der Waals surface area contributed by atoms with Gasteiger partial charge in [0.15, 0.2) is 0 Å². The Morgan fingerprint density at radius 1 is 1.28 bits per heavy atom. The van der Waals surface area contributed by atoms with Crippen molar-refractivity contribution in [2.24, 2.45) is 5.92 Å². The predicted octanol–water partition coefficient (Wildman–Crippen LogP) is 3.81. The van der Waals surface area contributed by atoms with Crippen molar-refractivity contribution in [2.75, 3.05) is 33.3 Å². The fraction of sp³-hybridized carbons (Fsp3) is 0.462. The van der Waals surface area contributed by atoms with Gasteiger partial charge in [-0.15, -0.1) is 0 Å². The van der Waals surface area contributed by atoms with Gasteiger partial charge in [-0.2, -0.15) is 0 Å². The molecule has 0 saturated carbocycles. The van der Waals surface area contributed by atoms with Gasteiger partial charge in [0, 0.05) is 25.2 Å². The number of rotatable bonds is 8. The summed E-state index contributed by atoms with van der Waals surface area (Å²) in [6, 6.07) is 11.6. The van der Waals surface area contributed by atoms with E-state index < -0.39 is 0 Å². The Kier molecular flexibility index (Phi) is 8.42. The Hall–Kier alpha value is -2.70. The minimum absolute atomic E-state index is 0.0872. The van der Waals surface area contributed by atoms with Gasteiger partial charge >= 0.3 is 0 Å². The maximum atomic E-state index is 13.5. The van der Waals surface area contributed by atoms with E-state index in [-0.39, 0.29) is 30.6 Å². The lowest BCUT2D eigenvalue weighted by Crippen LogP contribution is -2.50. The average Bonchev–Trinajstić information content (AvgIpc) is 2.80. The van der Waals surface area contributed by atoms with Crippen molar-refractivity contribution < 1.29 is 14.6 Å². The van der Waals surface area contributed by atoms with Crippen molar-refractivity contribution in [3.05, 3.63) is 59.3 Å². The molecule has 6 nitrogen and oxygen atoms in total. The van der Waals surface area contributed by atoms with Gasteiger partial charge in [-0.3, -0.25) is 4.79 Å². The fourth-order valence-electron chi connectivity index (χ4n) is 3.96. The molecule has 6 heteroatoms. The van der Waals surface area contributed by atoms with Crippen LogP contribution in [0.25, 0.3) is 12.2 Å². The van der Waals surface area contributed by atoms with Crippen LogP contribution in [0.15, 0.2) is 42.6 Å². The van der Waals surface area contributed by atoms with Gasteiger partial charge in [-0.05, 0) is 44.1 Å². The zero-order valence-corrected chi connectivity index (χ0v) is 19.6. The van der Waals surface area contributed by atoms with Crippen LogP contribution in [0.5, 0.6) is 5.88 Å². The molecule has 0 saturated heterocycles. The Labute approximate surface area is 191 Å². The summed E-state index contributed by atoms with van der Waals surface area (Å²) >= 11 is 0. The molecular weight excluding hydrogens is 402 g/mol. The summed E-state index contributed by atoms with van der Waals surface area (Å²) in [4.78, 5) is 22.0. The van der Waals surface area contributed by atoms with E-state index in [9.17, 15) is 9.90 Å². The second-order valence-corrected chi connectivity index (χ2v) is 8.75. The topological polar surface area (TPSA) is 65.9 Å². The molecule has 0 unspecified atom stereocenters. The van der Waals surface area contributed by atoms with Crippen molar-refractivity contribution in [2.45, 2.75) is 39.3 Å². The van der Waals surface area contributed by atoms with E-state index in [4.69, 9.17) is 4.74 Å². The van der Waals surface area contributed by atoms with Gasteiger partial charge in [-0.25, -0.2) is 4.98 Å². The van der Waals surface area contributed by atoms with E-state index in [0.29, 0.717) is 18.0 Å². The van der Waals surface area contributed by atoms with Crippen LogP contribution in [0.2, 0.25) is 0 Å². The zero-order chi connectivity index (χ0) is 23.1. The standard InChI is InChI=1S/C26H35N3O3/c1-5-13-28(4)17-24-19(2)16-29(20(3)18-30)26(31)23-14-22(15-27-25(23)32-24)12-11-21-9-7-6-8-10-21/h6-12,14-15,19-20,24,30H,5,13,16-18H2,1-4H3/b12-11+/t19-,20+,24-/m0/s1. The summed E-state index contributed by atoms with van der Waals surface area (Å²) in [5.41, 5.74) is 2.34. The minimum atomic E-state index is -0.284. The molecule has 1 N–H and O–H groups in total. The van der Waals surface area contributed by atoms with Crippen molar-refractivity contribution >= 4 is 18.1 Å². The first kappa shape index (κ1) is 24.0. The van der Waals surface area contributed by atoms with E-state index in [1.807, 2.05) is 55.5 Å². The third-order valence-electron chi connectivity index (χ3n) is 5.91. The molecule has 1 aliphatic rings. The molecule has 172 valence electrons. The van der Waals surface area contributed by atoms with Crippen molar-refractivity contribution in [1.29, 1.82) is 0 Å². The lowest BCUT2D eigenvalue weighted by atomic mass is 9.99. The van der Waals surface area contributed by atoms with Gasteiger partial charge in [-0.1, -0.05) is 56.3 Å². The van der Waals surface area contributed by atoms with E-state index in [0.717, 1.165) is 30.6 Å². The molecule has 0 bridgehead atoms. The molecule has 1 aliphatic heterocycles. The van der Waals surface area contributed by atoms with E-state index >= 15 is 0 Å². The molecule has 0 aliphatic carbocycles. The van der Waals surface area contributed by atoms with Crippen molar-refractivity contribution in [3.8, 4) is 5.88 Å². The first-order valence-corrected chi connectivity index (χ1v) is 11.4. The molecule has 2 heterocycles. The number of hydrogen-bond donors (Lipinski definition) is 1. The number of fused-ring (bicyclic) bond motifs is 1. The summed E-state index contributed by atoms with van der Waals surface area (Å²) in [6.07, 6.45) is 6.64. The first-order chi connectivity index (χ1) is 15.4. The second kappa shape index (κ2) is 11.2. The monoisotopic (exact) mass is 437 g/mol. The lowest BCUT2D eigenvalue weighted by molar-refractivity contribution is 0.0331. The number of aliphatic hydroxyl groups is 1. The van der Waals surface area contributed by atoms with Crippen LogP contribution in [0.1, 0.15) is 48.7 Å². The van der Waals surface area contributed by atoms with Crippen LogP contribution in [0.3, 0.4) is 0 Å². The molecule has 0 spiro atoms. The number of carbonyl (C=O) groups excluding carboxylic acids is 1. The number of pyridine rings is 1. The number of benzene rings is 1. The van der Waals surface area contributed by atoms with Gasteiger partial charge in [0.1, 0.15) is 11.7 Å². The number of likely N-dealkylation sites (N-methyl/N-ethyl adjacent to an activating group) is 1. The maximum absolute atomic E-state index is 13.5. The van der Waals surface area contributed by atoms with E-state index in [1.165, 1.54) is 0 Å². The summed E-state index contributed by atoms with van der Waals surface area (Å²) in [5.74, 6) is 0.305. The van der Waals surface area contributed by atoms with Gasteiger partial charge < -0.3 is 19.6 Å². The summed E-state index contributed by atoms with van der Waals surface area (Å²) in [7, 11) is 2.09. The van der Waals surface area contributed by atoms with Crippen molar-refractivity contribution in [1.82, 2.24) is 14.8 Å². The van der Waals surface area contributed by atoms with Crippen LogP contribution in [-0.2, 0) is 0 Å². The molecule has 3 atom stereocenters. The van der Waals surface area contributed by atoms with Crippen LogP contribution < -0.4 is 4.74 Å². The molecule has 0 radical (unpaired) electrons. The van der Waals surface area contributed by atoms with E-state index in [1.54, 1.807) is 11.1 Å². The highest BCUT2D eigenvalue weighted by molar-refractivity contribution is 5.97. The normalized spacial score (nSPS) is 20.1. The summed E-state index contributed by atoms with van der Waals surface area (Å²) in [6.45, 7) is 8.29. The first-order valence-electron chi connectivity index (χ1n) is 11.4. The van der Waals surface area contributed by atoms with Gasteiger partial charge in [0.05, 0.1) is 12.6 Å². The SMILES string of the molecule is CCCN(C)C[C@@H]1Oc2ncc(/C=C/c3ccccc3)cc2C(=O)N([C@H](C)CO)C[C@@H]1C. The number of amides is 1. The third-order valence-corrected chi connectivity index (χ3v) is 5.91. The Bertz CT molecular complexity index is 916. The minimum Gasteiger partial charge on any atom is -0.472 e. The largest absolute Gasteiger partial charge is 0.472 e. The number of hydrogen-bond acceptors (Lipinski definition) is 5. The van der Waals surface area contributed by atoms with Crippen LogP contribution >= 0.6 is 0 Å².